The summed E-state index contributed by atoms with van der Waals surface area (Å²) in [4.78, 5) is 36.1. The van der Waals surface area contributed by atoms with E-state index in [1.807, 2.05) is 13.8 Å². The topological polar surface area (TPSA) is 81.7 Å². The highest BCUT2D eigenvalue weighted by Gasteiger charge is 2.58. The van der Waals surface area contributed by atoms with Crippen molar-refractivity contribution in [3.8, 4) is 0 Å². The lowest BCUT2D eigenvalue weighted by atomic mass is 9.76. The van der Waals surface area contributed by atoms with Gasteiger partial charge in [0.15, 0.2) is 0 Å². The summed E-state index contributed by atoms with van der Waals surface area (Å²) in [7, 11) is 1.24. The van der Waals surface area contributed by atoms with Gasteiger partial charge in [-0.15, -0.1) is 0 Å². The molecule has 0 saturated carbocycles. The highest BCUT2D eigenvalue weighted by molar-refractivity contribution is 6.04. The maximum absolute atomic E-state index is 12.2. The summed E-state index contributed by atoms with van der Waals surface area (Å²) in [6.07, 6.45) is 0.549. The van der Waals surface area contributed by atoms with E-state index in [1.165, 1.54) is 7.11 Å². The van der Waals surface area contributed by atoms with Gasteiger partial charge in [0, 0.05) is 5.92 Å². The first-order chi connectivity index (χ1) is 9.27. The smallest absolute Gasteiger partial charge is 0.331 e. The molecule has 3 atom stereocenters. The predicted octanol–water partition coefficient (Wildman–Crippen LogP) is 0.889. The highest BCUT2D eigenvalue weighted by Crippen LogP contribution is 2.38. The molecule has 1 N–H and O–H groups in total. The molecule has 1 fully saturated rings. The third-order valence-corrected chi connectivity index (χ3v) is 3.69. The highest BCUT2D eigenvalue weighted by atomic mass is 16.5. The molecule has 1 amide bonds. The van der Waals surface area contributed by atoms with Gasteiger partial charge >= 0.3 is 11.9 Å². The van der Waals surface area contributed by atoms with Crippen molar-refractivity contribution >= 4 is 17.8 Å². The van der Waals surface area contributed by atoms with Crippen molar-refractivity contribution in [2.45, 2.75) is 39.7 Å². The van der Waals surface area contributed by atoms with Gasteiger partial charge in [-0.2, -0.15) is 0 Å². The zero-order valence-corrected chi connectivity index (χ0v) is 12.7. The van der Waals surface area contributed by atoms with Gasteiger partial charge in [0.25, 0.3) is 0 Å². The number of rotatable bonds is 5. The predicted molar refractivity (Wildman–Crippen MR) is 71.6 cm³/mol. The molecule has 1 saturated heterocycles. The Kier molecular flexibility index (Phi) is 5.14. The Morgan fingerprint density at radius 1 is 1.40 bits per heavy atom. The monoisotopic (exact) mass is 285 g/mol. The zero-order valence-electron chi connectivity index (χ0n) is 12.7. The second kappa shape index (κ2) is 6.24. The summed E-state index contributed by atoms with van der Waals surface area (Å²) in [6, 6.07) is 0. The van der Waals surface area contributed by atoms with E-state index in [4.69, 9.17) is 9.47 Å². The fraction of sp³-hybridized carbons (Fsp3) is 0.786. The molecular formula is C14H23NO5. The SMILES string of the molecule is CCOC(=O)[C@@]1(C)NC(=O)[C@@H](C(=O)OC)[C@@H]1CC(C)C. The minimum Gasteiger partial charge on any atom is -0.468 e. The van der Waals surface area contributed by atoms with Gasteiger partial charge in [-0.05, 0) is 26.2 Å². The van der Waals surface area contributed by atoms with Crippen LogP contribution in [0.2, 0.25) is 0 Å². The Balaban J connectivity index is 3.14. The minimum atomic E-state index is -1.18. The molecule has 1 aliphatic heterocycles. The first kappa shape index (κ1) is 16.5. The van der Waals surface area contributed by atoms with Crippen molar-refractivity contribution < 1.29 is 23.9 Å². The molecule has 1 heterocycles. The number of hydrogen-bond donors (Lipinski definition) is 1. The van der Waals surface area contributed by atoms with E-state index >= 15 is 0 Å². The summed E-state index contributed by atoms with van der Waals surface area (Å²) in [6.45, 7) is 7.49. The van der Waals surface area contributed by atoms with Gasteiger partial charge in [0.1, 0.15) is 11.5 Å². The number of carbonyl (C=O) groups excluding carboxylic acids is 3. The van der Waals surface area contributed by atoms with Crippen LogP contribution in [0.15, 0.2) is 0 Å². The number of amides is 1. The summed E-state index contributed by atoms with van der Waals surface area (Å²) in [5.41, 5.74) is -1.18. The van der Waals surface area contributed by atoms with E-state index in [1.54, 1.807) is 13.8 Å². The number of methoxy groups -OCH3 is 1. The number of nitrogens with one attached hydrogen (secondary N) is 1. The van der Waals surface area contributed by atoms with E-state index in [-0.39, 0.29) is 12.5 Å². The molecule has 0 aromatic heterocycles. The van der Waals surface area contributed by atoms with E-state index in [0.29, 0.717) is 6.42 Å². The van der Waals surface area contributed by atoms with Crippen LogP contribution in [0, 0.1) is 17.8 Å². The molecule has 6 nitrogen and oxygen atoms in total. The van der Waals surface area contributed by atoms with Crippen molar-refractivity contribution in [3.05, 3.63) is 0 Å². The normalized spacial score (nSPS) is 29.2. The van der Waals surface area contributed by atoms with Crippen LogP contribution in [0.25, 0.3) is 0 Å². The third kappa shape index (κ3) is 2.94. The summed E-state index contributed by atoms with van der Waals surface area (Å²) in [5.74, 6) is -2.79. The Labute approximate surface area is 119 Å². The standard InChI is InChI=1S/C14H23NO5/c1-6-20-13(18)14(4)9(7-8(2)3)10(11(16)15-14)12(17)19-5/h8-10H,6-7H2,1-5H3,(H,15,16)/t9-,10-,14-/m0/s1. The summed E-state index contributed by atoms with van der Waals surface area (Å²) >= 11 is 0. The Hall–Kier alpha value is -1.59. The molecule has 1 aliphatic rings. The van der Waals surface area contributed by atoms with Gasteiger partial charge in [-0.1, -0.05) is 13.8 Å². The molecule has 0 bridgehead atoms. The molecule has 0 aromatic carbocycles. The van der Waals surface area contributed by atoms with Crippen molar-refractivity contribution in [3.63, 3.8) is 0 Å². The van der Waals surface area contributed by atoms with Crippen LogP contribution < -0.4 is 5.32 Å². The summed E-state index contributed by atoms with van der Waals surface area (Å²) < 4.78 is 9.74. The van der Waals surface area contributed by atoms with Gasteiger partial charge in [0.05, 0.1) is 13.7 Å². The average molecular weight is 285 g/mol. The molecule has 0 aliphatic carbocycles. The van der Waals surface area contributed by atoms with Crippen molar-refractivity contribution in [2.24, 2.45) is 17.8 Å². The number of esters is 2. The molecule has 0 unspecified atom stereocenters. The van der Waals surface area contributed by atoms with Crippen molar-refractivity contribution in [1.29, 1.82) is 0 Å². The fourth-order valence-corrected chi connectivity index (χ4v) is 2.70. The minimum absolute atomic E-state index is 0.224. The summed E-state index contributed by atoms with van der Waals surface area (Å²) in [5, 5.41) is 2.62. The number of ether oxygens (including phenoxy) is 2. The van der Waals surface area contributed by atoms with Gasteiger partial charge in [-0.3, -0.25) is 9.59 Å². The fourth-order valence-electron chi connectivity index (χ4n) is 2.70. The quantitative estimate of drug-likeness (QED) is 0.599. The number of carbonyl (C=O) groups is 3. The van der Waals surface area contributed by atoms with Crippen molar-refractivity contribution in [1.82, 2.24) is 5.32 Å². The van der Waals surface area contributed by atoms with Crippen LogP contribution in [0.1, 0.15) is 34.1 Å². The van der Waals surface area contributed by atoms with Gasteiger partial charge in [-0.25, -0.2) is 4.79 Å². The van der Waals surface area contributed by atoms with Crippen LogP contribution in [0.5, 0.6) is 0 Å². The first-order valence-electron chi connectivity index (χ1n) is 6.85. The molecule has 0 spiro atoms. The molecular weight excluding hydrogens is 262 g/mol. The second-order valence-electron chi connectivity index (χ2n) is 5.65. The lowest BCUT2D eigenvalue weighted by molar-refractivity contribution is -0.153. The van der Waals surface area contributed by atoms with Crippen LogP contribution in [0.3, 0.4) is 0 Å². The van der Waals surface area contributed by atoms with Crippen LogP contribution in [-0.4, -0.2) is 37.1 Å². The lowest BCUT2D eigenvalue weighted by Gasteiger charge is -2.30. The van der Waals surface area contributed by atoms with E-state index in [2.05, 4.69) is 5.32 Å². The van der Waals surface area contributed by atoms with Crippen LogP contribution in [-0.2, 0) is 23.9 Å². The van der Waals surface area contributed by atoms with E-state index < -0.39 is 35.2 Å². The van der Waals surface area contributed by atoms with E-state index in [0.717, 1.165) is 0 Å². The maximum atomic E-state index is 12.2. The largest absolute Gasteiger partial charge is 0.468 e. The molecule has 20 heavy (non-hydrogen) atoms. The van der Waals surface area contributed by atoms with Crippen LogP contribution in [0.4, 0.5) is 0 Å². The lowest BCUT2D eigenvalue weighted by Crippen LogP contribution is -2.51. The molecule has 1 rings (SSSR count). The van der Waals surface area contributed by atoms with Gasteiger partial charge < -0.3 is 14.8 Å². The second-order valence-corrected chi connectivity index (χ2v) is 5.65. The molecule has 114 valence electrons. The zero-order chi connectivity index (χ0) is 15.5. The van der Waals surface area contributed by atoms with Gasteiger partial charge in [0.2, 0.25) is 5.91 Å². The third-order valence-electron chi connectivity index (χ3n) is 3.69. The van der Waals surface area contributed by atoms with Crippen molar-refractivity contribution in [2.75, 3.05) is 13.7 Å². The Morgan fingerprint density at radius 3 is 2.45 bits per heavy atom. The molecule has 0 radical (unpaired) electrons. The Bertz CT molecular complexity index is 406. The van der Waals surface area contributed by atoms with Crippen LogP contribution >= 0.6 is 0 Å². The van der Waals surface area contributed by atoms with E-state index in [9.17, 15) is 14.4 Å². The first-order valence-corrected chi connectivity index (χ1v) is 6.85. The average Bonchev–Trinajstić information content (AvgIpc) is 2.61. The maximum Gasteiger partial charge on any atom is 0.331 e. The Morgan fingerprint density at radius 2 is 2.00 bits per heavy atom. The molecule has 0 aromatic rings. The number of hydrogen-bond acceptors (Lipinski definition) is 5. The molecule has 6 heteroatoms.